The Kier molecular flexibility index (Phi) is 5.65. The minimum atomic E-state index is -0.449. The fourth-order valence-corrected chi connectivity index (χ4v) is 3.04. The summed E-state index contributed by atoms with van der Waals surface area (Å²) in [5.74, 6) is 0.645. The van der Waals surface area contributed by atoms with Crippen LogP contribution in [0.2, 0.25) is 5.02 Å². The molecule has 0 radical (unpaired) electrons. The average Bonchev–Trinajstić information content (AvgIpc) is 2.49. The summed E-state index contributed by atoms with van der Waals surface area (Å²) in [7, 11) is 1.46. The highest BCUT2D eigenvalue weighted by Gasteiger charge is 2.13. The Hall–Kier alpha value is -1.52. The topological polar surface area (TPSA) is 26.3 Å². The van der Waals surface area contributed by atoms with E-state index in [1.165, 1.54) is 37.1 Å². The van der Waals surface area contributed by atoms with Crippen molar-refractivity contribution in [2.45, 2.75) is 5.75 Å². The summed E-state index contributed by atoms with van der Waals surface area (Å²) in [6.07, 6.45) is 0. The molecule has 0 amide bonds. The van der Waals surface area contributed by atoms with Crippen LogP contribution in [0.1, 0.15) is 15.9 Å². The van der Waals surface area contributed by atoms with Crippen molar-refractivity contribution in [1.82, 2.24) is 0 Å². The molecule has 2 rings (SSSR count). The van der Waals surface area contributed by atoms with Crippen LogP contribution >= 0.6 is 23.4 Å². The van der Waals surface area contributed by atoms with Gasteiger partial charge >= 0.3 is 0 Å². The second-order valence-electron chi connectivity index (χ2n) is 4.35. The fraction of sp³-hybridized carbons (Fsp3) is 0.188. The third-order valence-corrected chi connectivity index (χ3v) is 4.26. The molecule has 5 heteroatoms. The molecule has 0 N–H and O–H groups in total. The zero-order valence-electron chi connectivity index (χ0n) is 11.4. The van der Waals surface area contributed by atoms with Crippen LogP contribution in [0.3, 0.4) is 0 Å². The van der Waals surface area contributed by atoms with Gasteiger partial charge in [0.2, 0.25) is 0 Å². The van der Waals surface area contributed by atoms with Crippen LogP contribution < -0.4 is 4.74 Å². The predicted octanol–water partition coefficient (Wildman–Crippen LogP) is 4.60. The number of ketones is 1. The highest BCUT2D eigenvalue weighted by atomic mass is 35.5. The van der Waals surface area contributed by atoms with Gasteiger partial charge in [0, 0.05) is 10.8 Å². The Balaban J connectivity index is 1.99. The number of halogens is 2. The van der Waals surface area contributed by atoms with Crippen molar-refractivity contribution < 1.29 is 13.9 Å². The Bertz CT molecular complexity index is 646. The lowest BCUT2D eigenvalue weighted by Crippen LogP contribution is -2.06. The molecule has 0 fully saturated rings. The van der Waals surface area contributed by atoms with Crippen LogP contribution in [0.4, 0.5) is 4.39 Å². The number of hydrogen-bond acceptors (Lipinski definition) is 3. The Morgan fingerprint density at radius 1 is 1.29 bits per heavy atom. The predicted molar refractivity (Wildman–Crippen MR) is 84.9 cm³/mol. The van der Waals surface area contributed by atoms with Crippen LogP contribution in [0.15, 0.2) is 42.5 Å². The molecule has 2 aromatic rings. The fourth-order valence-electron chi connectivity index (χ4n) is 1.84. The van der Waals surface area contributed by atoms with Crippen LogP contribution in [-0.2, 0) is 5.75 Å². The van der Waals surface area contributed by atoms with E-state index < -0.39 is 5.82 Å². The van der Waals surface area contributed by atoms with Gasteiger partial charge in [-0.1, -0.05) is 29.8 Å². The molecule has 0 saturated carbocycles. The van der Waals surface area contributed by atoms with Crippen molar-refractivity contribution in [3.05, 3.63) is 64.4 Å². The van der Waals surface area contributed by atoms with E-state index in [4.69, 9.17) is 16.3 Å². The number of ether oxygens (including phenoxy) is 1. The van der Waals surface area contributed by atoms with Gasteiger partial charge in [0.25, 0.3) is 0 Å². The molecule has 0 aliphatic rings. The van der Waals surface area contributed by atoms with Crippen molar-refractivity contribution >= 4 is 29.1 Å². The number of carbonyl (C=O) groups is 1. The first-order valence-corrected chi connectivity index (χ1v) is 7.83. The number of hydrogen-bond donors (Lipinski definition) is 0. The van der Waals surface area contributed by atoms with Gasteiger partial charge in [0.05, 0.1) is 18.4 Å². The Labute approximate surface area is 132 Å². The zero-order valence-corrected chi connectivity index (χ0v) is 13.0. The van der Waals surface area contributed by atoms with Crippen molar-refractivity contribution in [1.29, 1.82) is 0 Å². The minimum absolute atomic E-state index is 0.164. The number of rotatable bonds is 6. The summed E-state index contributed by atoms with van der Waals surface area (Å²) in [4.78, 5) is 12.2. The molecule has 0 aliphatic carbocycles. The van der Waals surface area contributed by atoms with Gasteiger partial charge in [-0.2, -0.15) is 0 Å². The molecule has 0 spiro atoms. The van der Waals surface area contributed by atoms with Crippen molar-refractivity contribution in [2.75, 3.05) is 12.9 Å². The summed E-state index contributed by atoms with van der Waals surface area (Å²) in [5, 5.41) is 0.681. The number of thioether (sulfide) groups is 1. The van der Waals surface area contributed by atoms with Crippen molar-refractivity contribution in [3.8, 4) is 5.75 Å². The van der Waals surface area contributed by atoms with E-state index in [2.05, 4.69) is 0 Å². The monoisotopic (exact) mass is 324 g/mol. The van der Waals surface area contributed by atoms with Gasteiger partial charge in [-0.15, -0.1) is 11.8 Å². The highest BCUT2D eigenvalue weighted by Crippen LogP contribution is 2.24. The summed E-state index contributed by atoms with van der Waals surface area (Å²) in [6, 6.07) is 11.4. The normalized spacial score (nSPS) is 10.4. The largest absolute Gasteiger partial charge is 0.496 e. The van der Waals surface area contributed by atoms with Crippen molar-refractivity contribution in [3.63, 3.8) is 0 Å². The minimum Gasteiger partial charge on any atom is -0.496 e. The maximum Gasteiger partial charge on any atom is 0.176 e. The first-order chi connectivity index (χ1) is 10.1. The smallest absolute Gasteiger partial charge is 0.176 e. The molecule has 0 bridgehead atoms. The second kappa shape index (κ2) is 7.48. The van der Waals surface area contributed by atoms with Gasteiger partial charge in [-0.05, 0) is 29.8 Å². The third kappa shape index (κ3) is 4.22. The molecule has 0 aliphatic heterocycles. The molecule has 110 valence electrons. The third-order valence-electron chi connectivity index (χ3n) is 2.91. The van der Waals surface area contributed by atoms with Gasteiger partial charge in [-0.3, -0.25) is 4.79 Å². The quantitative estimate of drug-likeness (QED) is 0.726. The molecule has 0 saturated heterocycles. The first kappa shape index (κ1) is 15.9. The van der Waals surface area contributed by atoms with E-state index >= 15 is 0 Å². The van der Waals surface area contributed by atoms with Crippen molar-refractivity contribution in [2.24, 2.45) is 0 Å². The molecular weight excluding hydrogens is 311 g/mol. The molecular formula is C16H14ClFO2S. The highest BCUT2D eigenvalue weighted by molar-refractivity contribution is 7.99. The number of methoxy groups -OCH3 is 1. The lowest BCUT2D eigenvalue weighted by Gasteiger charge is -2.08. The Morgan fingerprint density at radius 2 is 2.05 bits per heavy atom. The Morgan fingerprint density at radius 3 is 2.76 bits per heavy atom. The summed E-state index contributed by atoms with van der Waals surface area (Å²) >= 11 is 7.49. The van der Waals surface area contributed by atoms with Gasteiger partial charge in [0.1, 0.15) is 11.6 Å². The molecule has 2 aromatic carbocycles. The molecule has 2 nitrogen and oxygen atoms in total. The van der Waals surface area contributed by atoms with Gasteiger partial charge in [-0.25, -0.2) is 4.39 Å². The average molecular weight is 325 g/mol. The van der Waals surface area contributed by atoms with E-state index in [1.54, 1.807) is 0 Å². The van der Waals surface area contributed by atoms with E-state index in [1.807, 2.05) is 24.3 Å². The van der Waals surface area contributed by atoms with E-state index in [-0.39, 0.29) is 17.1 Å². The van der Waals surface area contributed by atoms with Crippen LogP contribution in [-0.4, -0.2) is 18.6 Å². The zero-order chi connectivity index (χ0) is 15.2. The molecule has 0 heterocycles. The SMILES string of the molecule is COc1ccc(F)cc1C(=O)CSCc1ccccc1Cl. The van der Waals surface area contributed by atoms with E-state index in [9.17, 15) is 9.18 Å². The molecule has 0 unspecified atom stereocenters. The molecule has 21 heavy (non-hydrogen) atoms. The summed E-state index contributed by atoms with van der Waals surface area (Å²) in [6.45, 7) is 0. The molecule has 0 atom stereocenters. The summed E-state index contributed by atoms with van der Waals surface area (Å²) in [5.41, 5.74) is 1.24. The standard InChI is InChI=1S/C16H14ClFO2S/c1-20-16-7-6-12(18)8-13(16)15(19)10-21-9-11-4-2-3-5-14(11)17/h2-8H,9-10H2,1H3. The van der Waals surface area contributed by atoms with Gasteiger partial charge in [0.15, 0.2) is 5.78 Å². The summed E-state index contributed by atoms with van der Waals surface area (Å²) < 4.78 is 18.3. The first-order valence-electron chi connectivity index (χ1n) is 6.29. The lowest BCUT2D eigenvalue weighted by molar-refractivity contribution is 0.101. The van der Waals surface area contributed by atoms with Crippen LogP contribution in [0.5, 0.6) is 5.75 Å². The van der Waals surface area contributed by atoms with Crippen LogP contribution in [0.25, 0.3) is 0 Å². The van der Waals surface area contributed by atoms with Crippen LogP contribution in [0, 0.1) is 5.82 Å². The number of benzene rings is 2. The lowest BCUT2D eigenvalue weighted by atomic mass is 10.1. The molecule has 0 aromatic heterocycles. The maximum atomic E-state index is 13.3. The van der Waals surface area contributed by atoms with E-state index in [0.717, 1.165) is 5.56 Å². The maximum absolute atomic E-state index is 13.3. The number of Topliss-reactive ketones (excluding diaryl/α,β-unsaturated/α-hetero) is 1. The second-order valence-corrected chi connectivity index (χ2v) is 5.74. The number of carbonyl (C=O) groups excluding carboxylic acids is 1. The van der Waals surface area contributed by atoms with E-state index in [0.29, 0.717) is 16.5 Å². The van der Waals surface area contributed by atoms with Gasteiger partial charge < -0.3 is 4.74 Å².